The van der Waals surface area contributed by atoms with Crippen LogP contribution in [0.4, 0.5) is 15.8 Å². The highest BCUT2D eigenvalue weighted by Gasteiger charge is 2.07. The zero-order valence-corrected chi connectivity index (χ0v) is 11.6. The van der Waals surface area contributed by atoms with E-state index in [1.807, 2.05) is 25.1 Å². The van der Waals surface area contributed by atoms with E-state index in [1.54, 1.807) is 19.1 Å². The van der Waals surface area contributed by atoms with Gasteiger partial charge >= 0.3 is 0 Å². The Morgan fingerprint density at radius 3 is 2.53 bits per heavy atom. The molecule has 0 aliphatic rings. The van der Waals surface area contributed by atoms with Crippen LogP contribution in [0, 0.1) is 19.7 Å². The zero-order chi connectivity index (χ0) is 14.0. The summed E-state index contributed by atoms with van der Waals surface area (Å²) in [4.78, 5) is 0.335. The molecule has 0 amide bonds. The van der Waals surface area contributed by atoms with Crippen LogP contribution in [0.2, 0.25) is 0 Å². The van der Waals surface area contributed by atoms with Crippen molar-refractivity contribution in [1.82, 2.24) is 0 Å². The maximum atomic E-state index is 13.2. The molecule has 98 valence electrons. The third kappa shape index (κ3) is 3.09. The molecule has 0 fully saturated rings. The van der Waals surface area contributed by atoms with Gasteiger partial charge in [-0.1, -0.05) is 18.3 Å². The minimum atomic E-state index is -0.218. The van der Waals surface area contributed by atoms with E-state index >= 15 is 0 Å². The summed E-state index contributed by atoms with van der Waals surface area (Å²) < 4.78 is 13.2. The molecule has 0 atom stereocenters. The molecule has 0 unspecified atom stereocenters. The Morgan fingerprint density at radius 1 is 1.16 bits per heavy atom. The molecule has 0 saturated heterocycles. The van der Waals surface area contributed by atoms with Crippen LogP contribution in [0.3, 0.4) is 0 Å². The topological polar surface area (TPSA) is 38.0 Å². The molecule has 3 N–H and O–H groups in total. The lowest BCUT2D eigenvalue weighted by Crippen LogP contribution is -2.12. The normalized spacial score (nSPS) is 10.3. The van der Waals surface area contributed by atoms with Crippen molar-refractivity contribution in [1.29, 1.82) is 0 Å². The van der Waals surface area contributed by atoms with Crippen molar-refractivity contribution in [2.24, 2.45) is 5.73 Å². The Kier molecular flexibility index (Phi) is 3.81. The van der Waals surface area contributed by atoms with Crippen LogP contribution in [0.1, 0.15) is 16.7 Å². The van der Waals surface area contributed by atoms with E-state index in [0.717, 1.165) is 22.5 Å². The highest BCUT2D eigenvalue weighted by Crippen LogP contribution is 2.23. The van der Waals surface area contributed by atoms with Crippen molar-refractivity contribution in [3.8, 4) is 0 Å². The van der Waals surface area contributed by atoms with Crippen LogP contribution in [-0.2, 0) is 0 Å². The van der Waals surface area contributed by atoms with Crippen molar-refractivity contribution in [3.05, 3.63) is 58.9 Å². The Labute approximate surface area is 117 Å². The maximum absolute atomic E-state index is 13.2. The molecule has 0 spiro atoms. The van der Waals surface area contributed by atoms with Gasteiger partial charge in [0.05, 0.1) is 0 Å². The van der Waals surface area contributed by atoms with Gasteiger partial charge in [-0.25, -0.2) is 4.39 Å². The van der Waals surface area contributed by atoms with Crippen molar-refractivity contribution < 1.29 is 4.39 Å². The number of anilines is 2. The first-order chi connectivity index (χ1) is 8.97. The summed E-state index contributed by atoms with van der Waals surface area (Å²) in [5, 5.41) is 3.23. The molecule has 19 heavy (non-hydrogen) atoms. The highest BCUT2D eigenvalue weighted by atomic mass is 32.1. The SMILES string of the molecule is Cc1ccc(C(N)=S)c(Nc2ccc(F)c(C)c2)c1. The smallest absolute Gasteiger partial charge is 0.126 e. The van der Waals surface area contributed by atoms with Crippen LogP contribution < -0.4 is 11.1 Å². The molecule has 0 heterocycles. The molecule has 0 radical (unpaired) electrons. The molecule has 0 aliphatic heterocycles. The quantitative estimate of drug-likeness (QED) is 0.836. The third-order valence-electron chi connectivity index (χ3n) is 2.88. The molecule has 2 nitrogen and oxygen atoms in total. The Bertz CT molecular complexity index is 638. The molecule has 4 heteroatoms. The molecule has 2 rings (SSSR count). The van der Waals surface area contributed by atoms with Gasteiger partial charge < -0.3 is 11.1 Å². The number of halogens is 1. The monoisotopic (exact) mass is 274 g/mol. The Hall–Kier alpha value is -1.94. The second kappa shape index (κ2) is 5.36. The van der Waals surface area contributed by atoms with Crippen LogP contribution >= 0.6 is 12.2 Å². The number of nitrogens with two attached hydrogens (primary N) is 1. The van der Waals surface area contributed by atoms with E-state index in [4.69, 9.17) is 18.0 Å². The van der Waals surface area contributed by atoms with Gasteiger partial charge in [0.15, 0.2) is 0 Å². The molecule has 0 bridgehead atoms. The lowest BCUT2D eigenvalue weighted by atomic mass is 10.1. The number of hydrogen-bond acceptors (Lipinski definition) is 2. The minimum absolute atomic E-state index is 0.218. The van der Waals surface area contributed by atoms with Crippen LogP contribution in [0.25, 0.3) is 0 Å². The lowest BCUT2D eigenvalue weighted by Gasteiger charge is -2.13. The molecule has 0 saturated carbocycles. The van der Waals surface area contributed by atoms with Crippen molar-refractivity contribution in [2.45, 2.75) is 13.8 Å². The first kappa shape index (κ1) is 13.5. The van der Waals surface area contributed by atoms with Crippen LogP contribution in [0.15, 0.2) is 36.4 Å². The van der Waals surface area contributed by atoms with Crippen molar-refractivity contribution in [2.75, 3.05) is 5.32 Å². The molecule has 2 aromatic carbocycles. The van der Waals surface area contributed by atoms with Crippen LogP contribution in [0.5, 0.6) is 0 Å². The van der Waals surface area contributed by atoms with E-state index < -0.39 is 0 Å². The Morgan fingerprint density at radius 2 is 1.89 bits per heavy atom. The highest BCUT2D eigenvalue weighted by molar-refractivity contribution is 7.80. The van der Waals surface area contributed by atoms with Gasteiger partial charge in [-0.05, 0) is 55.3 Å². The molecule has 0 aliphatic carbocycles. The van der Waals surface area contributed by atoms with E-state index in [0.29, 0.717) is 10.6 Å². The van der Waals surface area contributed by atoms with Gasteiger partial charge in [-0.2, -0.15) is 0 Å². The standard InChI is InChI=1S/C15H15FN2S/c1-9-3-5-12(15(17)19)14(7-9)18-11-4-6-13(16)10(2)8-11/h3-8,18H,1-2H3,(H2,17,19). The van der Waals surface area contributed by atoms with Gasteiger partial charge in [-0.15, -0.1) is 0 Å². The summed E-state index contributed by atoms with van der Waals surface area (Å²) >= 11 is 5.03. The van der Waals surface area contributed by atoms with E-state index in [-0.39, 0.29) is 5.82 Å². The number of benzene rings is 2. The summed E-state index contributed by atoms with van der Waals surface area (Å²) in [6.45, 7) is 3.72. The predicted molar refractivity (Wildman–Crippen MR) is 81.5 cm³/mol. The minimum Gasteiger partial charge on any atom is -0.389 e. The van der Waals surface area contributed by atoms with E-state index in [1.165, 1.54) is 6.07 Å². The summed E-state index contributed by atoms with van der Waals surface area (Å²) in [6.07, 6.45) is 0. The summed E-state index contributed by atoms with van der Waals surface area (Å²) in [5.74, 6) is -0.218. The summed E-state index contributed by atoms with van der Waals surface area (Å²) in [6, 6.07) is 10.7. The summed E-state index contributed by atoms with van der Waals surface area (Å²) in [7, 11) is 0. The second-order valence-corrected chi connectivity index (χ2v) is 4.94. The molecular formula is C15H15FN2S. The number of hydrogen-bond donors (Lipinski definition) is 2. The van der Waals surface area contributed by atoms with Gasteiger partial charge in [0, 0.05) is 16.9 Å². The average molecular weight is 274 g/mol. The first-order valence-electron chi connectivity index (χ1n) is 5.91. The third-order valence-corrected chi connectivity index (χ3v) is 3.10. The molecular weight excluding hydrogens is 259 g/mol. The fraction of sp³-hybridized carbons (Fsp3) is 0.133. The number of rotatable bonds is 3. The number of thiocarbonyl (C=S) groups is 1. The average Bonchev–Trinajstić information content (AvgIpc) is 2.33. The lowest BCUT2D eigenvalue weighted by molar-refractivity contribution is 0.619. The molecule has 2 aromatic rings. The van der Waals surface area contributed by atoms with Gasteiger partial charge in [0.2, 0.25) is 0 Å². The second-order valence-electron chi connectivity index (χ2n) is 4.50. The maximum Gasteiger partial charge on any atom is 0.126 e. The predicted octanol–water partition coefficient (Wildman–Crippen LogP) is 3.82. The fourth-order valence-electron chi connectivity index (χ4n) is 1.85. The van der Waals surface area contributed by atoms with Gasteiger partial charge in [0.1, 0.15) is 10.8 Å². The molecule has 0 aromatic heterocycles. The van der Waals surface area contributed by atoms with Gasteiger partial charge in [0.25, 0.3) is 0 Å². The number of nitrogens with one attached hydrogen (secondary N) is 1. The Balaban J connectivity index is 2.39. The zero-order valence-electron chi connectivity index (χ0n) is 10.8. The largest absolute Gasteiger partial charge is 0.389 e. The van der Waals surface area contributed by atoms with Gasteiger partial charge in [-0.3, -0.25) is 0 Å². The van der Waals surface area contributed by atoms with Crippen molar-refractivity contribution in [3.63, 3.8) is 0 Å². The van der Waals surface area contributed by atoms with Crippen LogP contribution in [-0.4, -0.2) is 4.99 Å². The summed E-state index contributed by atoms with van der Waals surface area (Å²) in [5.41, 5.74) is 9.81. The van der Waals surface area contributed by atoms with E-state index in [9.17, 15) is 4.39 Å². The fourth-order valence-corrected chi connectivity index (χ4v) is 2.03. The van der Waals surface area contributed by atoms with Crippen molar-refractivity contribution >= 4 is 28.6 Å². The number of aryl methyl sites for hydroxylation is 2. The van der Waals surface area contributed by atoms with E-state index in [2.05, 4.69) is 5.32 Å². The first-order valence-corrected chi connectivity index (χ1v) is 6.32.